The molecule has 0 radical (unpaired) electrons. The van der Waals surface area contributed by atoms with Gasteiger partial charge >= 0.3 is 0 Å². The van der Waals surface area contributed by atoms with E-state index in [1.807, 2.05) is 0 Å². The van der Waals surface area contributed by atoms with Gasteiger partial charge in [0.2, 0.25) is 0 Å². The Morgan fingerprint density at radius 2 is 2.09 bits per heavy atom. The summed E-state index contributed by atoms with van der Waals surface area (Å²) < 4.78 is 19.6. The number of aromatic hydroxyl groups is 1. The van der Waals surface area contributed by atoms with Gasteiger partial charge in [-0.3, -0.25) is 14.6 Å². The van der Waals surface area contributed by atoms with Gasteiger partial charge in [-0.05, 0) is 54.3 Å². The van der Waals surface area contributed by atoms with Crippen LogP contribution in [0.1, 0.15) is 50.0 Å². The van der Waals surface area contributed by atoms with Crippen molar-refractivity contribution in [2.75, 3.05) is 7.11 Å². The first-order valence-corrected chi connectivity index (χ1v) is 10.6. The molecular weight excluding hydrogens is 449 g/mol. The first kappa shape index (κ1) is 22.5. The molecule has 33 heavy (non-hydrogen) atoms. The second-order valence-electron chi connectivity index (χ2n) is 7.70. The number of carbonyl (C=O) groups is 2. The molecule has 0 aliphatic heterocycles. The van der Waals surface area contributed by atoms with Gasteiger partial charge in [-0.1, -0.05) is 17.7 Å². The summed E-state index contributed by atoms with van der Waals surface area (Å²) >= 11 is 6.11. The smallest absolute Gasteiger partial charge is 0.267 e. The zero-order valence-corrected chi connectivity index (χ0v) is 18.5. The molecule has 1 atom stereocenters. The molecule has 7 nitrogen and oxygen atoms in total. The number of phenolic OH excluding ortho intramolecular Hbond substituents is 1. The van der Waals surface area contributed by atoms with Crippen LogP contribution in [-0.4, -0.2) is 33.9 Å². The highest BCUT2D eigenvalue weighted by atomic mass is 35.5. The number of hydrogen-bond acceptors (Lipinski definition) is 5. The fraction of sp³-hybridized carbons (Fsp3) is 0.208. The van der Waals surface area contributed by atoms with Gasteiger partial charge in [0.1, 0.15) is 23.0 Å². The number of nitrogens with two attached hydrogens (primary N) is 1. The third kappa shape index (κ3) is 4.34. The monoisotopic (exact) mass is 469 g/mol. The Balaban J connectivity index is 1.81. The molecule has 0 saturated carbocycles. The van der Waals surface area contributed by atoms with Crippen LogP contribution >= 0.6 is 11.6 Å². The lowest BCUT2D eigenvalue weighted by molar-refractivity contribution is 0.0652. The van der Waals surface area contributed by atoms with Crippen molar-refractivity contribution in [3.8, 4) is 11.5 Å². The van der Waals surface area contributed by atoms with E-state index < -0.39 is 23.7 Å². The molecule has 9 heteroatoms. The maximum atomic E-state index is 14.5. The van der Waals surface area contributed by atoms with Crippen LogP contribution in [0.4, 0.5) is 4.39 Å². The molecule has 0 fully saturated rings. The average molecular weight is 470 g/mol. The average Bonchev–Trinajstić information content (AvgIpc) is 3.21. The minimum atomic E-state index is -0.730. The number of hydrogen-bond donors (Lipinski definition) is 2. The Bertz CT molecular complexity index is 1250. The molecule has 3 N–H and O–H groups in total. The van der Waals surface area contributed by atoms with Crippen LogP contribution in [0.5, 0.6) is 11.5 Å². The molecule has 2 amide bonds. The number of fused-ring (bicyclic) bond motifs is 1. The maximum Gasteiger partial charge on any atom is 0.267 e. The highest BCUT2D eigenvalue weighted by Gasteiger charge is 2.35. The zero-order valence-electron chi connectivity index (χ0n) is 17.7. The lowest BCUT2D eigenvalue weighted by Crippen LogP contribution is -2.34. The van der Waals surface area contributed by atoms with Crippen LogP contribution in [0.3, 0.4) is 0 Å². The number of nitrogens with zero attached hydrogens (tertiary/aromatic N) is 2. The van der Waals surface area contributed by atoms with E-state index in [9.17, 15) is 19.1 Å². The third-order valence-electron chi connectivity index (χ3n) is 5.76. The quantitative estimate of drug-likeness (QED) is 0.567. The number of benzene rings is 2. The van der Waals surface area contributed by atoms with Gasteiger partial charge < -0.3 is 20.5 Å². The van der Waals surface area contributed by atoms with Gasteiger partial charge in [-0.15, -0.1) is 0 Å². The van der Waals surface area contributed by atoms with Crippen molar-refractivity contribution in [2.45, 2.75) is 25.4 Å². The van der Waals surface area contributed by atoms with Gasteiger partial charge in [0.25, 0.3) is 11.8 Å². The van der Waals surface area contributed by atoms with Crippen molar-refractivity contribution in [3.63, 3.8) is 0 Å². The number of aromatic nitrogens is 1. The molecule has 0 saturated heterocycles. The second-order valence-corrected chi connectivity index (χ2v) is 8.14. The third-order valence-corrected chi connectivity index (χ3v) is 5.98. The number of amides is 2. The molecule has 1 aliphatic rings. The van der Waals surface area contributed by atoms with Crippen molar-refractivity contribution < 1.29 is 23.8 Å². The number of halogens is 2. The Labute approximate surface area is 194 Å². The summed E-state index contributed by atoms with van der Waals surface area (Å²) in [7, 11) is 1.45. The number of pyridine rings is 1. The van der Waals surface area contributed by atoms with Gasteiger partial charge in [-0.25, -0.2) is 4.39 Å². The highest BCUT2D eigenvalue weighted by molar-refractivity contribution is 6.30. The van der Waals surface area contributed by atoms with Crippen molar-refractivity contribution in [3.05, 3.63) is 87.4 Å². The zero-order chi connectivity index (χ0) is 23.7. The maximum absolute atomic E-state index is 14.5. The fourth-order valence-corrected chi connectivity index (χ4v) is 4.43. The molecule has 0 spiro atoms. The van der Waals surface area contributed by atoms with Gasteiger partial charge in [0, 0.05) is 29.4 Å². The summed E-state index contributed by atoms with van der Waals surface area (Å²) in [5, 5.41) is 10.7. The van der Waals surface area contributed by atoms with Crippen LogP contribution in [0, 0.1) is 5.82 Å². The molecule has 4 rings (SSSR count). The molecule has 1 aliphatic carbocycles. The summed E-state index contributed by atoms with van der Waals surface area (Å²) in [5.74, 6) is -1.54. The summed E-state index contributed by atoms with van der Waals surface area (Å²) in [6, 6.07) is 9.98. The minimum absolute atomic E-state index is 0.0322. The number of methoxy groups -OCH3 is 1. The molecular formula is C24H21ClFN3O4. The predicted molar refractivity (Wildman–Crippen MR) is 120 cm³/mol. The number of primary amides is 1. The molecule has 0 unspecified atom stereocenters. The van der Waals surface area contributed by atoms with E-state index in [-0.39, 0.29) is 28.6 Å². The standard InChI is InChI=1S/C24H21ClFN3O4/c1-33-15-4-5-17(21(30)11-15)24(32)29(12-13-3-2-8-28-22(13)23(27)31)20-7-6-16-18(20)9-14(25)10-19(16)26/h2-5,8-11,20,30H,6-7,12H2,1H3,(H2,27,31)/t20-/m1/s1. The lowest BCUT2D eigenvalue weighted by atomic mass is 10.0. The van der Waals surface area contributed by atoms with E-state index in [1.165, 1.54) is 36.4 Å². The molecule has 1 heterocycles. The number of rotatable bonds is 6. The Morgan fingerprint density at radius 3 is 2.79 bits per heavy atom. The summed E-state index contributed by atoms with van der Waals surface area (Å²) in [5.41, 5.74) is 7.06. The van der Waals surface area contributed by atoms with Crippen LogP contribution in [0.15, 0.2) is 48.7 Å². The Hall–Kier alpha value is -3.65. The molecule has 0 bridgehead atoms. The van der Waals surface area contributed by atoms with Gasteiger partial charge in [0.05, 0.1) is 18.7 Å². The largest absolute Gasteiger partial charge is 0.507 e. The van der Waals surface area contributed by atoms with E-state index in [1.54, 1.807) is 24.3 Å². The van der Waals surface area contributed by atoms with Crippen molar-refractivity contribution in [1.29, 1.82) is 0 Å². The fourth-order valence-electron chi connectivity index (χ4n) is 4.21. The normalized spacial score (nSPS) is 14.6. The number of phenols is 1. The van der Waals surface area contributed by atoms with Crippen molar-refractivity contribution in [1.82, 2.24) is 9.88 Å². The van der Waals surface area contributed by atoms with E-state index >= 15 is 0 Å². The molecule has 170 valence electrons. The first-order valence-electron chi connectivity index (χ1n) is 10.2. The molecule has 3 aromatic rings. The van der Waals surface area contributed by atoms with E-state index in [0.717, 1.165) is 0 Å². The van der Waals surface area contributed by atoms with Crippen LogP contribution in [0.25, 0.3) is 0 Å². The van der Waals surface area contributed by atoms with Crippen molar-refractivity contribution >= 4 is 23.4 Å². The highest BCUT2D eigenvalue weighted by Crippen LogP contribution is 2.41. The van der Waals surface area contributed by atoms with Gasteiger partial charge in [0.15, 0.2) is 0 Å². The first-order chi connectivity index (χ1) is 15.8. The Kier molecular flexibility index (Phi) is 6.20. The second kappa shape index (κ2) is 9.07. The summed E-state index contributed by atoms with van der Waals surface area (Å²) in [4.78, 5) is 31.1. The SMILES string of the molecule is COc1ccc(C(=O)N(Cc2cccnc2C(N)=O)[C@@H]2CCc3c(F)cc(Cl)cc32)c(O)c1. The molecule has 1 aromatic heterocycles. The Morgan fingerprint density at radius 1 is 1.30 bits per heavy atom. The molecule has 2 aromatic carbocycles. The summed E-state index contributed by atoms with van der Waals surface area (Å²) in [6.45, 7) is -0.0331. The number of carbonyl (C=O) groups excluding carboxylic acids is 2. The predicted octanol–water partition coefficient (Wildman–Crippen LogP) is 4.02. The van der Waals surface area contributed by atoms with Crippen LogP contribution in [0.2, 0.25) is 5.02 Å². The number of ether oxygens (including phenoxy) is 1. The van der Waals surface area contributed by atoms with E-state index in [0.29, 0.717) is 35.3 Å². The van der Waals surface area contributed by atoms with E-state index in [4.69, 9.17) is 22.1 Å². The van der Waals surface area contributed by atoms with Crippen LogP contribution < -0.4 is 10.5 Å². The lowest BCUT2D eigenvalue weighted by Gasteiger charge is -2.31. The summed E-state index contributed by atoms with van der Waals surface area (Å²) in [6.07, 6.45) is 2.30. The minimum Gasteiger partial charge on any atom is -0.507 e. The van der Waals surface area contributed by atoms with Crippen molar-refractivity contribution in [2.24, 2.45) is 5.73 Å². The van der Waals surface area contributed by atoms with Gasteiger partial charge in [-0.2, -0.15) is 0 Å². The topological polar surface area (TPSA) is 106 Å². The van der Waals surface area contributed by atoms with Crippen LogP contribution in [-0.2, 0) is 13.0 Å². The van der Waals surface area contributed by atoms with E-state index in [2.05, 4.69) is 4.98 Å².